The fourth-order valence-corrected chi connectivity index (χ4v) is 5.19. The van der Waals surface area contributed by atoms with E-state index in [1.165, 1.54) is 23.1 Å². The number of amides is 2. The molecule has 7 nitrogen and oxygen atoms in total. The number of benzene rings is 2. The van der Waals surface area contributed by atoms with Crippen LogP contribution in [0.1, 0.15) is 15.4 Å². The lowest BCUT2D eigenvalue weighted by Gasteiger charge is -2.36. The van der Waals surface area contributed by atoms with Crippen LogP contribution >= 0.6 is 34.7 Å². The first-order valence-corrected chi connectivity index (χ1v) is 12.3. The molecule has 0 saturated carbocycles. The van der Waals surface area contributed by atoms with Gasteiger partial charge in [-0.15, -0.1) is 10.2 Å². The Morgan fingerprint density at radius 1 is 1.09 bits per heavy atom. The molecule has 2 heterocycles. The van der Waals surface area contributed by atoms with Crippen LogP contribution < -0.4 is 10.2 Å². The number of rotatable bonds is 6. The number of carbonyl (C=O) groups is 2. The number of aromatic nitrogens is 2. The van der Waals surface area contributed by atoms with E-state index >= 15 is 0 Å². The lowest BCUT2D eigenvalue weighted by molar-refractivity contribution is -0.113. The van der Waals surface area contributed by atoms with Crippen LogP contribution in [0.25, 0.3) is 0 Å². The van der Waals surface area contributed by atoms with E-state index in [2.05, 4.69) is 20.4 Å². The molecule has 10 heteroatoms. The molecule has 1 N–H and O–H groups in total. The van der Waals surface area contributed by atoms with Crippen molar-refractivity contribution in [3.05, 3.63) is 64.1 Å². The summed E-state index contributed by atoms with van der Waals surface area (Å²) in [4.78, 5) is 29.0. The van der Waals surface area contributed by atoms with Gasteiger partial charge in [0.2, 0.25) is 5.91 Å². The molecular weight excluding hydrogens is 466 g/mol. The molecule has 1 aliphatic rings. The van der Waals surface area contributed by atoms with Gasteiger partial charge in [-0.05, 0) is 49.4 Å². The highest BCUT2D eigenvalue weighted by molar-refractivity contribution is 8.01. The predicted octanol–water partition coefficient (Wildman–Crippen LogP) is 4.19. The average Bonchev–Trinajstić information content (AvgIpc) is 3.23. The van der Waals surface area contributed by atoms with Crippen LogP contribution in [0.4, 0.5) is 11.4 Å². The highest BCUT2D eigenvalue weighted by atomic mass is 35.5. The van der Waals surface area contributed by atoms with Gasteiger partial charge in [0.15, 0.2) is 4.34 Å². The Hall–Kier alpha value is -2.62. The van der Waals surface area contributed by atoms with Crippen LogP contribution in [0.2, 0.25) is 5.02 Å². The van der Waals surface area contributed by atoms with Crippen molar-refractivity contribution in [1.82, 2.24) is 15.1 Å². The standard InChI is InChI=1S/C22H22ClN5O2S2/c1-15-25-26-22(32-15)31-14-20(29)24-18-5-7-19(8-6-18)27-9-11-28(12-10-27)21(30)16-3-2-4-17(23)13-16/h2-8,13H,9-12,14H2,1H3,(H,24,29). The molecular formula is C22H22ClN5O2S2. The van der Waals surface area contributed by atoms with Gasteiger partial charge in [0, 0.05) is 48.1 Å². The molecule has 2 aromatic carbocycles. The summed E-state index contributed by atoms with van der Waals surface area (Å²) in [5.74, 6) is 0.217. The number of nitrogens with one attached hydrogen (secondary N) is 1. The minimum atomic E-state index is -0.0799. The largest absolute Gasteiger partial charge is 0.368 e. The van der Waals surface area contributed by atoms with Crippen LogP contribution in [-0.4, -0.2) is 58.8 Å². The smallest absolute Gasteiger partial charge is 0.254 e. The van der Waals surface area contributed by atoms with Gasteiger partial charge < -0.3 is 15.1 Å². The zero-order valence-electron chi connectivity index (χ0n) is 17.5. The number of thioether (sulfide) groups is 1. The average molecular weight is 488 g/mol. The van der Waals surface area contributed by atoms with E-state index in [9.17, 15) is 9.59 Å². The third-order valence-electron chi connectivity index (χ3n) is 4.99. The number of halogens is 1. The Labute approximate surface area is 199 Å². The Balaban J connectivity index is 1.26. The SMILES string of the molecule is Cc1nnc(SCC(=O)Nc2ccc(N3CCN(C(=O)c4cccc(Cl)c4)CC3)cc2)s1. The summed E-state index contributed by atoms with van der Waals surface area (Å²) >= 11 is 8.87. The summed E-state index contributed by atoms with van der Waals surface area (Å²) in [6.07, 6.45) is 0. The first kappa shape index (κ1) is 22.6. The maximum absolute atomic E-state index is 12.7. The number of aryl methyl sites for hydroxylation is 1. The molecule has 0 aliphatic carbocycles. The van der Waals surface area contributed by atoms with Crippen LogP contribution in [-0.2, 0) is 4.79 Å². The molecule has 2 amide bonds. The van der Waals surface area contributed by atoms with E-state index in [4.69, 9.17) is 11.6 Å². The highest BCUT2D eigenvalue weighted by Gasteiger charge is 2.22. The first-order chi connectivity index (χ1) is 15.5. The molecule has 3 aromatic rings. The van der Waals surface area contributed by atoms with E-state index in [1.807, 2.05) is 36.1 Å². The fourth-order valence-electron chi connectivity index (χ4n) is 3.39. The molecule has 32 heavy (non-hydrogen) atoms. The van der Waals surface area contributed by atoms with Crippen molar-refractivity contribution in [1.29, 1.82) is 0 Å². The summed E-state index contributed by atoms with van der Waals surface area (Å²) in [5.41, 5.74) is 2.43. The second-order valence-corrected chi connectivity index (χ2v) is 10.1. The molecule has 0 atom stereocenters. The minimum absolute atomic E-state index is 0.00627. The van der Waals surface area contributed by atoms with E-state index in [-0.39, 0.29) is 11.8 Å². The predicted molar refractivity (Wildman–Crippen MR) is 130 cm³/mol. The normalized spacial score (nSPS) is 13.8. The van der Waals surface area contributed by atoms with E-state index in [1.54, 1.807) is 24.3 Å². The molecule has 4 rings (SSSR count). The number of carbonyl (C=O) groups excluding carboxylic acids is 2. The van der Waals surface area contributed by atoms with Crippen molar-refractivity contribution in [2.45, 2.75) is 11.3 Å². The van der Waals surface area contributed by atoms with Gasteiger partial charge in [-0.2, -0.15) is 0 Å². The highest BCUT2D eigenvalue weighted by Crippen LogP contribution is 2.23. The molecule has 1 aromatic heterocycles. The monoisotopic (exact) mass is 487 g/mol. The second-order valence-electron chi connectivity index (χ2n) is 7.26. The summed E-state index contributed by atoms with van der Waals surface area (Å²) in [6, 6.07) is 14.8. The first-order valence-electron chi connectivity index (χ1n) is 10.1. The number of nitrogens with zero attached hydrogens (tertiary/aromatic N) is 4. The Morgan fingerprint density at radius 3 is 2.50 bits per heavy atom. The maximum Gasteiger partial charge on any atom is 0.254 e. The summed E-state index contributed by atoms with van der Waals surface area (Å²) in [5, 5.41) is 12.3. The fraction of sp³-hybridized carbons (Fsp3) is 0.273. The number of hydrogen-bond donors (Lipinski definition) is 1. The Bertz CT molecular complexity index is 1100. The Kier molecular flexibility index (Phi) is 7.29. The molecule has 1 fully saturated rings. The molecule has 1 aliphatic heterocycles. The summed E-state index contributed by atoms with van der Waals surface area (Å²) in [7, 11) is 0. The number of hydrogen-bond acceptors (Lipinski definition) is 7. The Morgan fingerprint density at radius 2 is 1.84 bits per heavy atom. The van der Waals surface area contributed by atoms with Crippen LogP contribution in [0.5, 0.6) is 0 Å². The zero-order chi connectivity index (χ0) is 22.5. The van der Waals surface area contributed by atoms with Crippen LogP contribution in [0, 0.1) is 6.92 Å². The van der Waals surface area contributed by atoms with Crippen molar-refractivity contribution in [2.75, 3.05) is 42.1 Å². The number of anilines is 2. The van der Waals surface area contributed by atoms with Crippen molar-refractivity contribution in [3.63, 3.8) is 0 Å². The molecule has 1 saturated heterocycles. The van der Waals surface area contributed by atoms with Gasteiger partial charge in [0.1, 0.15) is 5.01 Å². The van der Waals surface area contributed by atoms with Crippen molar-refractivity contribution >= 4 is 57.9 Å². The number of piperazine rings is 1. The third kappa shape index (κ3) is 5.79. The molecule has 166 valence electrons. The maximum atomic E-state index is 12.7. The van der Waals surface area contributed by atoms with E-state index in [0.29, 0.717) is 29.4 Å². The van der Waals surface area contributed by atoms with Crippen molar-refractivity contribution in [3.8, 4) is 0 Å². The zero-order valence-corrected chi connectivity index (χ0v) is 19.8. The second kappa shape index (κ2) is 10.3. The van der Waals surface area contributed by atoms with Gasteiger partial charge in [0.05, 0.1) is 5.75 Å². The molecule has 0 spiro atoms. The van der Waals surface area contributed by atoms with Crippen molar-refractivity contribution in [2.24, 2.45) is 0 Å². The third-order valence-corrected chi connectivity index (χ3v) is 7.20. The summed E-state index contributed by atoms with van der Waals surface area (Å²) in [6.45, 7) is 4.67. The molecule has 0 bridgehead atoms. The summed E-state index contributed by atoms with van der Waals surface area (Å²) < 4.78 is 0.793. The van der Waals surface area contributed by atoms with Crippen LogP contribution in [0.15, 0.2) is 52.9 Å². The minimum Gasteiger partial charge on any atom is -0.368 e. The van der Waals surface area contributed by atoms with Gasteiger partial charge in [0.25, 0.3) is 5.91 Å². The lowest BCUT2D eigenvalue weighted by atomic mass is 10.1. The topological polar surface area (TPSA) is 78.4 Å². The van der Waals surface area contributed by atoms with Gasteiger partial charge >= 0.3 is 0 Å². The molecule has 0 unspecified atom stereocenters. The quantitative estimate of drug-likeness (QED) is 0.525. The van der Waals surface area contributed by atoms with Crippen LogP contribution in [0.3, 0.4) is 0 Å². The molecule has 0 radical (unpaired) electrons. The van der Waals surface area contributed by atoms with Gasteiger partial charge in [-0.1, -0.05) is 40.8 Å². The van der Waals surface area contributed by atoms with Gasteiger partial charge in [-0.25, -0.2) is 0 Å². The van der Waals surface area contributed by atoms with Gasteiger partial charge in [-0.3, -0.25) is 9.59 Å². The van der Waals surface area contributed by atoms with Crippen molar-refractivity contribution < 1.29 is 9.59 Å². The van der Waals surface area contributed by atoms with E-state index < -0.39 is 0 Å². The lowest BCUT2D eigenvalue weighted by Crippen LogP contribution is -2.48. The van der Waals surface area contributed by atoms with E-state index in [0.717, 1.165) is 33.8 Å².